The Morgan fingerprint density at radius 2 is 1.67 bits per heavy atom. The summed E-state index contributed by atoms with van der Waals surface area (Å²) in [6, 6.07) is 0.541. The number of likely N-dealkylation sites (tertiary alicyclic amines) is 1. The Bertz CT molecular complexity index is 404. The van der Waals surface area contributed by atoms with Crippen LogP contribution in [0.5, 0.6) is 0 Å². The first-order valence-electron chi connectivity index (χ1n) is 8.49. The topological polar surface area (TPSA) is 75.4 Å². The lowest BCUT2D eigenvalue weighted by Gasteiger charge is -2.42. The number of piperidine rings is 2. The van der Waals surface area contributed by atoms with E-state index in [2.05, 4.69) is 5.32 Å². The fourth-order valence-electron chi connectivity index (χ4n) is 4.29. The zero-order chi connectivity index (χ0) is 14.8. The molecular formula is C16H27N3O2. The van der Waals surface area contributed by atoms with Gasteiger partial charge in [-0.3, -0.25) is 9.59 Å². The van der Waals surface area contributed by atoms with Gasteiger partial charge in [0, 0.05) is 25.0 Å². The summed E-state index contributed by atoms with van der Waals surface area (Å²) in [6.07, 6.45) is 8.78. The largest absolute Gasteiger partial charge is 0.369 e. The molecule has 1 aliphatic carbocycles. The van der Waals surface area contributed by atoms with Gasteiger partial charge in [-0.15, -0.1) is 0 Å². The highest BCUT2D eigenvalue weighted by atomic mass is 16.2. The van der Waals surface area contributed by atoms with E-state index in [1.165, 1.54) is 32.1 Å². The quantitative estimate of drug-likeness (QED) is 0.798. The molecule has 3 aliphatic rings. The van der Waals surface area contributed by atoms with Gasteiger partial charge in [0.2, 0.25) is 11.8 Å². The van der Waals surface area contributed by atoms with Crippen molar-refractivity contribution in [2.45, 2.75) is 63.5 Å². The van der Waals surface area contributed by atoms with Gasteiger partial charge < -0.3 is 16.0 Å². The normalized spacial score (nSPS) is 34.3. The molecule has 118 valence electrons. The molecule has 3 fully saturated rings. The van der Waals surface area contributed by atoms with Gasteiger partial charge in [-0.1, -0.05) is 12.8 Å². The van der Waals surface area contributed by atoms with Crippen LogP contribution in [0.25, 0.3) is 0 Å². The number of fused-ring (bicyclic) bond motifs is 1. The van der Waals surface area contributed by atoms with Gasteiger partial charge in [-0.05, 0) is 44.4 Å². The molecular weight excluding hydrogens is 266 g/mol. The van der Waals surface area contributed by atoms with Gasteiger partial charge in [0.25, 0.3) is 0 Å². The lowest BCUT2D eigenvalue weighted by Crippen LogP contribution is -2.56. The zero-order valence-corrected chi connectivity index (χ0v) is 12.7. The van der Waals surface area contributed by atoms with E-state index in [-0.39, 0.29) is 23.8 Å². The van der Waals surface area contributed by atoms with Crippen LogP contribution >= 0.6 is 0 Å². The van der Waals surface area contributed by atoms with E-state index in [1.807, 2.05) is 4.90 Å². The van der Waals surface area contributed by atoms with Gasteiger partial charge in [-0.25, -0.2) is 0 Å². The van der Waals surface area contributed by atoms with Crippen molar-refractivity contribution in [3.8, 4) is 0 Å². The molecule has 0 aromatic heterocycles. The molecule has 3 atom stereocenters. The van der Waals surface area contributed by atoms with Crippen LogP contribution in [0, 0.1) is 11.8 Å². The molecule has 3 N–H and O–H groups in total. The van der Waals surface area contributed by atoms with Crippen LogP contribution in [0.2, 0.25) is 0 Å². The van der Waals surface area contributed by atoms with Crippen molar-refractivity contribution in [2.75, 3.05) is 13.1 Å². The maximum atomic E-state index is 12.7. The Labute approximate surface area is 126 Å². The first-order chi connectivity index (χ1) is 10.1. The lowest BCUT2D eigenvalue weighted by atomic mass is 9.77. The van der Waals surface area contributed by atoms with Crippen molar-refractivity contribution in [3.63, 3.8) is 0 Å². The molecule has 2 saturated heterocycles. The zero-order valence-electron chi connectivity index (χ0n) is 12.7. The van der Waals surface area contributed by atoms with Crippen LogP contribution in [0.3, 0.4) is 0 Å². The number of amides is 2. The highest BCUT2D eigenvalue weighted by Crippen LogP contribution is 2.32. The van der Waals surface area contributed by atoms with Crippen molar-refractivity contribution < 1.29 is 9.59 Å². The monoisotopic (exact) mass is 293 g/mol. The summed E-state index contributed by atoms with van der Waals surface area (Å²) in [7, 11) is 0. The molecule has 0 aromatic carbocycles. The molecule has 1 saturated carbocycles. The van der Waals surface area contributed by atoms with Crippen molar-refractivity contribution in [3.05, 3.63) is 0 Å². The van der Waals surface area contributed by atoms with E-state index >= 15 is 0 Å². The minimum absolute atomic E-state index is 0.00511. The van der Waals surface area contributed by atoms with E-state index in [4.69, 9.17) is 5.73 Å². The number of primary amides is 1. The number of carbonyl (C=O) groups excluding carboxylic acids is 2. The molecule has 0 aromatic rings. The fraction of sp³-hybridized carbons (Fsp3) is 0.875. The Balaban J connectivity index is 1.53. The molecule has 2 heterocycles. The number of hydrogen-bond donors (Lipinski definition) is 2. The first kappa shape index (κ1) is 14.8. The van der Waals surface area contributed by atoms with Crippen molar-refractivity contribution in [1.82, 2.24) is 10.2 Å². The molecule has 2 aliphatic heterocycles. The molecule has 0 radical (unpaired) electrons. The smallest absolute Gasteiger partial charge is 0.239 e. The van der Waals surface area contributed by atoms with E-state index in [1.54, 1.807) is 0 Å². The SMILES string of the molecule is NC(=O)C1CCN(C(=O)C2CCC3CCCCC3N2)CC1. The van der Waals surface area contributed by atoms with Gasteiger partial charge in [0.05, 0.1) is 6.04 Å². The van der Waals surface area contributed by atoms with E-state index in [0.717, 1.165) is 25.2 Å². The first-order valence-corrected chi connectivity index (χ1v) is 8.49. The minimum atomic E-state index is -0.220. The Morgan fingerprint density at radius 1 is 0.952 bits per heavy atom. The van der Waals surface area contributed by atoms with Gasteiger partial charge in [0.15, 0.2) is 0 Å². The van der Waals surface area contributed by atoms with Crippen LogP contribution in [0.4, 0.5) is 0 Å². The number of hydrogen-bond acceptors (Lipinski definition) is 3. The van der Waals surface area contributed by atoms with Crippen molar-refractivity contribution in [2.24, 2.45) is 17.6 Å². The average Bonchev–Trinajstić information content (AvgIpc) is 2.54. The number of rotatable bonds is 2. The third-order valence-electron chi connectivity index (χ3n) is 5.66. The number of carbonyl (C=O) groups is 2. The molecule has 5 nitrogen and oxygen atoms in total. The second-order valence-electron chi connectivity index (χ2n) is 6.95. The number of nitrogens with one attached hydrogen (secondary N) is 1. The highest BCUT2D eigenvalue weighted by Gasteiger charge is 2.37. The fourth-order valence-corrected chi connectivity index (χ4v) is 4.29. The summed E-state index contributed by atoms with van der Waals surface area (Å²) in [5.74, 6) is 0.754. The summed E-state index contributed by atoms with van der Waals surface area (Å²) < 4.78 is 0. The summed E-state index contributed by atoms with van der Waals surface area (Å²) >= 11 is 0. The van der Waals surface area contributed by atoms with Crippen LogP contribution < -0.4 is 11.1 Å². The van der Waals surface area contributed by atoms with Gasteiger partial charge >= 0.3 is 0 Å². The summed E-state index contributed by atoms with van der Waals surface area (Å²) in [6.45, 7) is 1.36. The Kier molecular flexibility index (Phi) is 4.48. The van der Waals surface area contributed by atoms with Gasteiger partial charge in [0.1, 0.15) is 0 Å². The standard InChI is InChI=1S/C16H27N3O2/c17-15(20)12-7-9-19(10-8-12)16(21)14-6-5-11-3-1-2-4-13(11)18-14/h11-14,18H,1-10H2,(H2,17,20). The maximum absolute atomic E-state index is 12.7. The van der Waals surface area contributed by atoms with Crippen LogP contribution in [0.1, 0.15) is 51.4 Å². The second-order valence-corrected chi connectivity index (χ2v) is 6.95. The molecule has 21 heavy (non-hydrogen) atoms. The summed E-state index contributed by atoms with van der Waals surface area (Å²) in [4.78, 5) is 25.8. The van der Waals surface area contributed by atoms with Crippen LogP contribution in [0.15, 0.2) is 0 Å². The molecule has 5 heteroatoms. The molecule has 0 spiro atoms. The van der Waals surface area contributed by atoms with Crippen LogP contribution in [-0.4, -0.2) is 41.9 Å². The van der Waals surface area contributed by atoms with Crippen molar-refractivity contribution >= 4 is 11.8 Å². The third-order valence-corrected chi connectivity index (χ3v) is 5.66. The predicted octanol–water partition coefficient (Wildman–Crippen LogP) is 1.02. The van der Waals surface area contributed by atoms with Gasteiger partial charge in [-0.2, -0.15) is 0 Å². The highest BCUT2D eigenvalue weighted by molar-refractivity contribution is 5.83. The number of nitrogens with two attached hydrogens (primary N) is 1. The third kappa shape index (κ3) is 3.23. The maximum Gasteiger partial charge on any atom is 0.239 e. The van der Waals surface area contributed by atoms with E-state index in [0.29, 0.717) is 19.1 Å². The second kappa shape index (κ2) is 6.34. The average molecular weight is 293 g/mol. The predicted molar refractivity (Wildman–Crippen MR) is 80.4 cm³/mol. The van der Waals surface area contributed by atoms with E-state index in [9.17, 15) is 9.59 Å². The molecule has 3 rings (SSSR count). The lowest BCUT2D eigenvalue weighted by molar-refractivity contribution is -0.138. The molecule has 0 bridgehead atoms. The minimum Gasteiger partial charge on any atom is -0.369 e. The molecule has 3 unspecified atom stereocenters. The molecule has 2 amide bonds. The summed E-state index contributed by atoms with van der Waals surface area (Å²) in [5.41, 5.74) is 5.35. The summed E-state index contributed by atoms with van der Waals surface area (Å²) in [5, 5.41) is 3.60. The van der Waals surface area contributed by atoms with Crippen LogP contribution in [-0.2, 0) is 9.59 Å². The Morgan fingerprint density at radius 3 is 2.38 bits per heavy atom. The van der Waals surface area contributed by atoms with Crippen molar-refractivity contribution in [1.29, 1.82) is 0 Å². The van der Waals surface area contributed by atoms with E-state index < -0.39 is 0 Å². The Hall–Kier alpha value is -1.10. The number of nitrogens with zero attached hydrogens (tertiary/aromatic N) is 1.